The van der Waals surface area contributed by atoms with Crippen molar-refractivity contribution in [2.75, 3.05) is 0 Å². The molecule has 1 saturated heterocycles. The van der Waals surface area contributed by atoms with Gasteiger partial charge in [-0.2, -0.15) is 13.2 Å². The third-order valence-corrected chi connectivity index (χ3v) is 3.44. The molecule has 0 N–H and O–H groups in total. The van der Waals surface area contributed by atoms with Crippen molar-refractivity contribution in [1.29, 1.82) is 0 Å². The fourth-order valence-electron chi connectivity index (χ4n) is 2.53. The number of hydrogen-bond acceptors (Lipinski definition) is 1. The van der Waals surface area contributed by atoms with Gasteiger partial charge in [-0.25, -0.2) is 8.78 Å². The van der Waals surface area contributed by atoms with Crippen LogP contribution in [-0.4, -0.2) is 6.10 Å². The lowest BCUT2D eigenvalue weighted by Gasteiger charge is -2.16. The standard InChI is InChI=1S/C14H15F5O/c1-2-3-9-4-5-12(20-9)8-6-10(15)13(11(16)7-8)14(17,18)19/h6-7,9,12H,2-5H2,1H3. The highest BCUT2D eigenvalue weighted by Gasteiger charge is 2.38. The van der Waals surface area contributed by atoms with Crippen LogP contribution in [0.15, 0.2) is 12.1 Å². The zero-order chi connectivity index (χ0) is 14.9. The van der Waals surface area contributed by atoms with Crippen LogP contribution in [-0.2, 0) is 10.9 Å². The molecule has 2 atom stereocenters. The van der Waals surface area contributed by atoms with Crippen LogP contribution in [0.5, 0.6) is 0 Å². The van der Waals surface area contributed by atoms with E-state index in [1.165, 1.54) is 0 Å². The number of rotatable bonds is 3. The lowest BCUT2D eigenvalue weighted by Crippen LogP contribution is -2.13. The molecule has 0 radical (unpaired) electrons. The summed E-state index contributed by atoms with van der Waals surface area (Å²) in [6.45, 7) is 1.99. The van der Waals surface area contributed by atoms with Crippen molar-refractivity contribution in [2.45, 2.75) is 51.0 Å². The van der Waals surface area contributed by atoms with Gasteiger partial charge in [0.25, 0.3) is 0 Å². The summed E-state index contributed by atoms with van der Waals surface area (Å²) in [5.74, 6) is -3.18. The zero-order valence-electron chi connectivity index (χ0n) is 10.9. The van der Waals surface area contributed by atoms with E-state index >= 15 is 0 Å². The summed E-state index contributed by atoms with van der Waals surface area (Å²) < 4.78 is 70.0. The second-order valence-electron chi connectivity index (χ2n) is 4.97. The van der Waals surface area contributed by atoms with Crippen molar-refractivity contribution < 1.29 is 26.7 Å². The molecule has 1 aromatic carbocycles. The van der Waals surface area contributed by atoms with E-state index in [1.54, 1.807) is 0 Å². The van der Waals surface area contributed by atoms with Crippen LogP contribution in [0.25, 0.3) is 0 Å². The molecule has 1 heterocycles. The number of halogens is 5. The minimum absolute atomic E-state index is 0.0124. The molecular formula is C14H15F5O. The van der Waals surface area contributed by atoms with Gasteiger partial charge >= 0.3 is 6.18 Å². The third kappa shape index (κ3) is 3.11. The topological polar surface area (TPSA) is 9.23 Å². The molecule has 0 aliphatic carbocycles. The molecule has 0 amide bonds. The van der Waals surface area contributed by atoms with Crippen LogP contribution in [0.4, 0.5) is 22.0 Å². The molecule has 0 spiro atoms. The lowest BCUT2D eigenvalue weighted by molar-refractivity contribution is -0.142. The molecule has 0 bridgehead atoms. The van der Waals surface area contributed by atoms with E-state index < -0.39 is 29.5 Å². The van der Waals surface area contributed by atoms with Gasteiger partial charge in [0.15, 0.2) is 0 Å². The Morgan fingerprint density at radius 1 is 1.15 bits per heavy atom. The fourth-order valence-corrected chi connectivity index (χ4v) is 2.53. The summed E-state index contributed by atoms with van der Waals surface area (Å²) in [4.78, 5) is 0. The SMILES string of the molecule is CCCC1CCC(c2cc(F)c(C(F)(F)F)c(F)c2)O1. The monoisotopic (exact) mass is 294 g/mol. The smallest absolute Gasteiger partial charge is 0.370 e. The van der Waals surface area contributed by atoms with E-state index in [1.807, 2.05) is 6.92 Å². The van der Waals surface area contributed by atoms with Crippen LogP contribution in [0, 0.1) is 11.6 Å². The van der Waals surface area contributed by atoms with Crippen LogP contribution < -0.4 is 0 Å². The predicted molar refractivity (Wildman–Crippen MR) is 63.1 cm³/mol. The van der Waals surface area contributed by atoms with Gasteiger partial charge < -0.3 is 4.74 Å². The minimum Gasteiger partial charge on any atom is -0.370 e. The molecule has 2 unspecified atom stereocenters. The van der Waals surface area contributed by atoms with Crippen LogP contribution in [0.3, 0.4) is 0 Å². The van der Waals surface area contributed by atoms with Crippen molar-refractivity contribution in [2.24, 2.45) is 0 Å². The number of hydrogen-bond donors (Lipinski definition) is 0. The van der Waals surface area contributed by atoms with Crippen molar-refractivity contribution in [3.8, 4) is 0 Å². The number of benzene rings is 1. The summed E-state index contributed by atoms with van der Waals surface area (Å²) in [6.07, 6.45) is -2.47. The number of alkyl halides is 3. The van der Waals surface area contributed by atoms with Gasteiger partial charge in [-0.05, 0) is 37.0 Å². The Hall–Kier alpha value is -1.17. The van der Waals surface area contributed by atoms with Gasteiger partial charge in [0.05, 0.1) is 12.2 Å². The molecule has 6 heteroatoms. The molecular weight excluding hydrogens is 279 g/mol. The average Bonchev–Trinajstić information content (AvgIpc) is 2.75. The van der Waals surface area contributed by atoms with E-state index in [4.69, 9.17) is 4.74 Å². The first-order chi connectivity index (χ1) is 9.32. The molecule has 2 rings (SSSR count). The molecule has 1 aromatic rings. The highest BCUT2D eigenvalue weighted by molar-refractivity contribution is 5.30. The Morgan fingerprint density at radius 2 is 1.75 bits per heavy atom. The van der Waals surface area contributed by atoms with E-state index in [0.29, 0.717) is 6.42 Å². The Kier molecular flexibility index (Phi) is 4.32. The molecule has 112 valence electrons. The molecule has 1 aliphatic heterocycles. The average molecular weight is 294 g/mol. The molecule has 0 aromatic heterocycles. The fraction of sp³-hybridized carbons (Fsp3) is 0.571. The highest BCUT2D eigenvalue weighted by atomic mass is 19.4. The molecule has 1 nitrogen and oxygen atoms in total. The van der Waals surface area contributed by atoms with E-state index in [-0.39, 0.29) is 11.7 Å². The Bertz CT molecular complexity index is 460. The molecule has 20 heavy (non-hydrogen) atoms. The van der Waals surface area contributed by atoms with Crippen LogP contribution in [0.1, 0.15) is 49.8 Å². The lowest BCUT2D eigenvalue weighted by atomic mass is 10.0. The second-order valence-corrected chi connectivity index (χ2v) is 4.97. The maximum Gasteiger partial charge on any atom is 0.422 e. The normalized spacial score (nSPS) is 23.3. The molecule has 0 saturated carbocycles. The van der Waals surface area contributed by atoms with Crippen molar-refractivity contribution in [3.63, 3.8) is 0 Å². The van der Waals surface area contributed by atoms with E-state index in [2.05, 4.69) is 0 Å². The predicted octanol–water partition coefficient (Wildman–Crippen LogP) is 5.00. The summed E-state index contributed by atoms with van der Waals surface area (Å²) in [5, 5.41) is 0. The maximum atomic E-state index is 13.5. The van der Waals surface area contributed by atoms with Gasteiger partial charge in [-0.1, -0.05) is 13.3 Å². The number of ether oxygens (including phenoxy) is 1. The first kappa shape index (κ1) is 15.2. The third-order valence-electron chi connectivity index (χ3n) is 3.44. The van der Waals surface area contributed by atoms with Gasteiger partial charge in [-0.3, -0.25) is 0 Å². The van der Waals surface area contributed by atoms with Crippen LogP contribution >= 0.6 is 0 Å². The van der Waals surface area contributed by atoms with Gasteiger partial charge in [0, 0.05) is 0 Å². The van der Waals surface area contributed by atoms with Gasteiger partial charge in [0.1, 0.15) is 17.2 Å². The highest BCUT2D eigenvalue weighted by Crippen LogP contribution is 2.38. The summed E-state index contributed by atoms with van der Waals surface area (Å²) >= 11 is 0. The van der Waals surface area contributed by atoms with Gasteiger partial charge in [-0.15, -0.1) is 0 Å². The summed E-state index contributed by atoms with van der Waals surface area (Å²) in [5.41, 5.74) is -1.71. The molecule has 1 fully saturated rings. The van der Waals surface area contributed by atoms with Crippen LogP contribution in [0.2, 0.25) is 0 Å². The zero-order valence-corrected chi connectivity index (χ0v) is 10.9. The maximum absolute atomic E-state index is 13.5. The minimum atomic E-state index is -5.03. The second kappa shape index (κ2) is 5.68. The van der Waals surface area contributed by atoms with Gasteiger partial charge in [0.2, 0.25) is 0 Å². The quantitative estimate of drug-likeness (QED) is 0.712. The first-order valence-corrected chi connectivity index (χ1v) is 6.54. The largest absolute Gasteiger partial charge is 0.422 e. The summed E-state index contributed by atoms with van der Waals surface area (Å²) in [6, 6.07) is 1.45. The Morgan fingerprint density at radius 3 is 2.25 bits per heavy atom. The van der Waals surface area contributed by atoms with E-state index in [9.17, 15) is 22.0 Å². The summed E-state index contributed by atoms with van der Waals surface area (Å²) in [7, 11) is 0. The first-order valence-electron chi connectivity index (χ1n) is 6.54. The van der Waals surface area contributed by atoms with Crippen molar-refractivity contribution in [3.05, 3.63) is 34.9 Å². The van der Waals surface area contributed by atoms with E-state index in [0.717, 1.165) is 31.4 Å². The van der Waals surface area contributed by atoms with Crippen molar-refractivity contribution >= 4 is 0 Å². The Labute approximate surface area is 113 Å². The van der Waals surface area contributed by atoms with Crippen molar-refractivity contribution in [1.82, 2.24) is 0 Å². The molecule has 1 aliphatic rings. The Balaban J connectivity index is 2.23.